The lowest BCUT2D eigenvalue weighted by Gasteiger charge is -2.38. The van der Waals surface area contributed by atoms with E-state index in [-0.39, 0.29) is 36.4 Å². The standard InChI is InChI=1S/C31H31N3O5/c1-33(2)27-25(38-29-28(27)39-30-32-26(35)18-19-34(29)30)20-37-31(21-10-6-4-7-11-21,22-12-8-5-9-13-22)23-14-16-24(36-3)17-15-23/h4-19,25,27-29H,20H2,1-3H3/t25-,27-,28+,29-/m1/s1. The second-order valence-corrected chi connectivity index (χ2v) is 10.0. The predicted molar refractivity (Wildman–Crippen MR) is 146 cm³/mol. The number of likely N-dealkylation sites (N-methyl/N-ethyl adjacent to an activating group) is 1. The highest BCUT2D eigenvalue weighted by molar-refractivity contribution is 5.48. The molecule has 1 saturated heterocycles. The van der Waals surface area contributed by atoms with Crippen LogP contribution in [0.15, 0.2) is 102 Å². The van der Waals surface area contributed by atoms with Gasteiger partial charge in [0.25, 0.3) is 5.56 Å². The smallest absolute Gasteiger partial charge is 0.302 e. The molecule has 4 atom stereocenters. The molecule has 0 unspecified atom stereocenters. The molecular weight excluding hydrogens is 494 g/mol. The Morgan fingerprint density at radius 3 is 2.10 bits per heavy atom. The maximum atomic E-state index is 11.8. The van der Waals surface area contributed by atoms with Crippen LogP contribution in [0, 0.1) is 0 Å². The van der Waals surface area contributed by atoms with Gasteiger partial charge in [-0.3, -0.25) is 9.36 Å². The molecule has 6 rings (SSSR count). The van der Waals surface area contributed by atoms with Crippen molar-refractivity contribution in [2.45, 2.75) is 30.1 Å². The SMILES string of the molecule is COc1ccc(C(OC[C@H]2O[C@@H]3[C@@H](Oc4nc(=O)ccn43)[C@@H]2N(C)C)(c2ccccc2)c2ccccc2)cc1. The van der Waals surface area contributed by atoms with Gasteiger partial charge in [0.15, 0.2) is 12.3 Å². The molecule has 0 N–H and O–H groups in total. The summed E-state index contributed by atoms with van der Waals surface area (Å²) in [5.74, 6) is 0.774. The van der Waals surface area contributed by atoms with Crippen LogP contribution in [-0.2, 0) is 15.1 Å². The van der Waals surface area contributed by atoms with Crippen molar-refractivity contribution in [1.82, 2.24) is 14.5 Å². The molecule has 3 heterocycles. The lowest BCUT2D eigenvalue weighted by molar-refractivity contribution is -0.0849. The molecule has 8 nitrogen and oxygen atoms in total. The van der Waals surface area contributed by atoms with E-state index in [1.807, 2.05) is 74.8 Å². The van der Waals surface area contributed by atoms with Crippen molar-refractivity contribution in [1.29, 1.82) is 0 Å². The average molecular weight is 526 g/mol. The summed E-state index contributed by atoms with van der Waals surface area (Å²) in [6.45, 7) is 0.290. The minimum absolute atomic E-state index is 0.132. The predicted octanol–water partition coefficient (Wildman–Crippen LogP) is 3.85. The molecule has 1 fully saturated rings. The molecule has 0 aliphatic carbocycles. The maximum absolute atomic E-state index is 11.8. The van der Waals surface area contributed by atoms with Gasteiger partial charge in [-0.05, 0) is 42.9 Å². The Bertz CT molecular complexity index is 1430. The van der Waals surface area contributed by atoms with E-state index in [0.29, 0.717) is 0 Å². The van der Waals surface area contributed by atoms with E-state index in [0.717, 1.165) is 22.4 Å². The fraction of sp³-hybridized carbons (Fsp3) is 0.290. The Hall–Kier alpha value is -3.98. The van der Waals surface area contributed by atoms with Crippen LogP contribution in [0.5, 0.6) is 11.8 Å². The van der Waals surface area contributed by atoms with E-state index in [1.54, 1.807) is 17.9 Å². The molecule has 2 aliphatic heterocycles. The quantitative estimate of drug-likeness (QED) is 0.324. The number of aromatic nitrogens is 2. The van der Waals surface area contributed by atoms with Gasteiger partial charge in [0.2, 0.25) is 0 Å². The van der Waals surface area contributed by atoms with Crippen LogP contribution in [0.2, 0.25) is 0 Å². The fourth-order valence-electron chi connectivity index (χ4n) is 5.76. The summed E-state index contributed by atoms with van der Waals surface area (Å²) in [5, 5.41) is 0. The monoisotopic (exact) mass is 525 g/mol. The van der Waals surface area contributed by atoms with E-state index < -0.39 is 11.8 Å². The third-order valence-electron chi connectivity index (χ3n) is 7.55. The van der Waals surface area contributed by atoms with Crippen molar-refractivity contribution in [3.8, 4) is 11.8 Å². The number of benzene rings is 3. The number of methoxy groups -OCH3 is 1. The number of ether oxygens (including phenoxy) is 4. The molecule has 200 valence electrons. The van der Waals surface area contributed by atoms with E-state index in [9.17, 15) is 4.79 Å². The molecule has 39 heavy (non-hydrogen) atoms. The molecule has 8 heteroatoms. The number of fused-ring (bicyclic) bond motifs is 3. The zero-order valence-corrected chi connectivity index (χ0v) is 22.1. The van der Waals surface area contributed by atoms with Crippen molar-refractivity contribution < 1.29 is 18.9 Å². The Labute approximate surface area is 227 Å². The molecule has 2 aliphatic rings. The summed E-state index contributed by atoms with van der Waals surface area (Å²) in [7, 11) is 5.66. The molecule has 0 amide bonds. The van der Waals surface area contributed by atoms with Crippen molar-refractivity contribution in [2.24, 2.45) is 0 Å². The van der Waals surface area contributed by atoms with Gasteiger partial charge in [-0.15, -0.1) is 0 Å². The van der Waals surface area contributed by atoms with Gasteiger partial charge < -0.3 is 23.8 Å². The van der Waals surface area contributed by atoms with Gasteiger partial charge >= 0.3 is 6.01 Å². The van der Waals surface area contributed by atoms with Crippen molar-refractivity contribution in [3.63, 3.8) is 0 Å². The third-order valence-corrected chi connectivity index (χ3v) is 7.55. The summed E-state index contributed by atoms with van der Waals surface area (Å²) in [4.78, 5) is 17.9. The highest BCUT2D eigenvalue weighted by Crippen LogP contribution is 2.44. The molecule has 0 bridgehead atoms. The largest absolute Gasteiger partial charge is 0.497 e. The van der Waals surface area contributed by atoms with Gasteiger partial charge in [-0.25, -0.2) is 0 Å². The third kappa shape index (κ3) is 4.40. The Morgan fingerprint density at radius 2 is 1.51 bits per heavy atom. The van der Waals surface area contributed by atoms with Crippen LogP contribution in [0.25, 0.3) is 0 Å². The molecular formula is C31H31N3O5. The molecule has 0 radical (unpaired) electrons. The molecule has 0 spiro atoms. The van der Waals surface area contributed by atoms with Gasteiger partial charge in [0.05, 0.1) is 19.8 Å². The van der Waals surface area contributed by atoms with Gasteiger partial charge in [-0.2, -0.15) is 4.98 Å². The zero-order valence-electron chi connectivity index (χ0n) is 22.1. The molecule has 4 aromatic rings. The first-order valence-electron chi connectivity index (χ1n) is 13.0. The first-order valence-corrected chi connectivity index (χ1v) is 13.0. The maximum Gasteiger partial charge on any atom is 0.302 e. The normalized spacial score (nSPS) is 21.8. The van der Waals surface area contributed by atoms with Gasteiger partial charge in [0.1, 0.15) is 17.5 Å². The Kier molecular flexibility index (Phi) is 6.68. The van der Waals surface area contributed by atoms with E-state index in [4.69, 9.17) is 18.9 Å². The zero-order chi connectivity index (χ0) is 27.0. The lowest BCUT2D eigenvalue weighted by atomic mass is 9.80. The number of hydrogen-bond acceptors (Lipinski definition) is 7. The highest BCUT2D eigenvalue weighted by Gasteiger charge is 2.53. The molecule has 0 saturated carbocycles. The number of nitrogens with zero attached hydrogens (tertiary/aromatic N) is 3. The molecule has 1 aromatic heterocycles. The van der Waals surface area contributed by atoms with Gasteiger partial charge in [0, 0.05) is 12.3 Å². The van der Waals surface area contributed by atoms with E-state index in [2.05, 4.69) is 34.1 Å². The summed E-state index contributed by atoms with van der Waals surface area (Å²) >= 11 is 0. The van der Waals surface area contributed by atoms with E-state index >= 15 is 0 Å². The van der Waals surface area contributed by atoms with Crippen LogP contribution in [-0.4, -0.2) is 60.5 Å². The fourth-order valence-corrected chi connectivity index (χ4v) is 5.76. The molecule has 3 aromatic carbocycles. The summed E-state index contributed by atoms with van der Waals surface area (Å²) < 4.78 is 27.0. The Morgan fingerprint density at radius 1 is 0.897 bits per heavy atom. The minimum Gasteiger partial charge on any atom is -0.497 e. The Balaban J connectivity index is 1.40. The average Bonchev–Trinajstić information content (AvgIpc) is 3.49. The number of rotatable bonds is 8. The minimum atomic E-state index is -0.905. The van der Waals surface area contributed by atoms with Crippen molar-refractivity contribution in [3.05, 3.63) is 124 Å². The lowest BCUT2D eigenvalue weighted by Crippen LogP contribution is -2.47. The number of hydrogen-bond donors (Lipinski definition) is 0. The second kappa shape index (κ2) is 10.3. The van der Waals surface area contributed by atoms with Crippen molar-refractivity contribution in [2.75, 3.05) is 27.8 Å². The van der Waals surface area contributed by atoms with Crippen molar-refractivity contribution >= 4 is 0 Å². The van der Waals surface area contributed by atoms with Crippen LogP contribution >= 0.6 is 0 Å². The topological polar surface area (TPSA) is 75.0 Å². The van der Waals surface area contributed by atoms with Crippen LogP contribution in [0.3, 0.4) is 0 Å². The van der Waals surface area contributed by atoms with Crippen LogP contribution in [0.4, 0.5) is 0 Å². The first-order chi connectivity index (χ1) is 19.0. The summed E-state index contributed by atoms with van der Waals surface area (Å²) in [5.41, 5.74) is 1.74. The highest BCUT2D eigenvalue weighted by atomic mass is 16.6. The van der Waals surface area contributed by atoms with Crippen LogP contribution in [0.1, 0.15) is 22.9 Å². The summed E-state index contributed by atoms with van der Waals surface area (Å²) in [6.07, 6.45) is 0.637. The van der Waals surface area contributed by atoms with Crippen LogP contribution < -0.4 is 15.0 Å². The first kappa shape index (κ1) is 25.3. The van der Waals surface area contributed by atoms with Gasteiger partial charge in [-0.1, -0.05) is 72.8 Å². The summed E-state index contributed by atoms with van der Waals surface area (Å²) in [6, 6.07) is 30.1. The van der Waals surface area contributed by atoms with E-state index in [1.165, 1.54) is 6.07 Å². The second-order valence-electron chi connectivity index (χ2n) is 10.0.